The SMILES string of the molecule is CCOC(=O)C(CSc1ccc(Cl)cc1)c1c(O)c(-c2ccccc2)c[nH]c1=O. The smallest absolute Gasteiger partial charge is 0.314 e. The van der Waals surface area contributed by atoms with Gasteiger partial charge in [-0.2, -0.15) is 0 Å². The van der Waals surface area contributed by atoms with E-state index in [9.17, 15) is 14.7 Å². The van der Waals surface area contributed by atoms with Gasteiger partial charge in [-0.3, -0.25) is 9.59 Å². The molecule has 0 amide bonds. The van der Waals surface area contributed by atoms with E-state index in [-0.39, 0.29) is 23.7 Å². The number of pyridine rings is 1. The first-order chi connectivity index (χ1) is 14.0. The van der Waals surface area contributed by atoms with Crippen molar-refractivity contribution in [1.29, 1.82) is 0 Å². The van der Waals surface area contributed by atoms with Gasteiger partial charge in [-0.25, -0.2) is 0 Å². The monoisotopic (exact) mass is 429 g/mol. The molecular weight excluding hydrogens is 410 g/mol. The van der Waals surface area contributed by atoms with E-state index < -0.39 is 17.4 Å². The molecule has 0 spiro atoms. The topological polar surface area (TPSA) is 79.4 Å². The number of hydrogen-bond acceptors (Lipinski definition) is 5. The molecule has 0 aliphatic heterocycles. The van der Waals surface area contributed by atoms with Crippen molar-refractivity contribution >= 4 is 29.3 Å². The Labute approximate surface area is 177 Å². The second kappa shape index (κ2) is 9.67. The number of esters is 1. The van der Waals surface area contributed by atoms with Crippen LogP contribution in [0.25, 0.3) is 11.1 Å². The number of halogens is 1. The quantitative estimate of drug-likeness (QED) is 0.415. The fourth-order valence-electron chi connectivity index (χ4n) is 2.92. The van der Waals surface area contributed by atoms with Crippen molar-refractivity contribution in [3.8, 4) is 16.9 Å². The maximum Gasteiger partial charge on any atom is 0.314 e. The summed E-state index contributed by atoms with van der Waals surface area (Å²) in [6.45, 7) is 1.88. The second-order valence-corrected chi connectivity index (χ2v) is 7.76. The molecule has 1 unspecified atom stereocenters. The molecule has 2 aromatic carbocycles. The fourth-order valence-corrected chi connectivity index (χ4v) is 4.04. The van der Waals surface area contributed by atoms with E-state index in [0.29, 0.717) is 10.6 Å². The molecule has 0 saturated carbocycles. The normalized spacial score (nSPS) is 11.8. The lowest BCUT2D eigenvalue weighted by atomic mass is 9.97. The average Bonchev–Trinajstić information content (AvgIpc) is 2.72. The number of benzene rings is 2. The van der Waals surface area contributed by atoms with Crippen LogP contribution in [0, 0.1) is 0 Å². The van der Waals surface area contributed by atoms with Crippen LogP contribution in [-0.4, -0.2) is 28.4 Å². The van der Waals surface area contributed by atoms with Gasteiger partial charge < -0.3 is 14.8 Å². The first-order valence-corrected chi connectivity index (χ1v) is 10.4. The van der Waals surface area contributed by atoms with Gasteiger partial charge in [-0.1, -0.05) is 41.9 Å². The Kier molecular flexibility index (Phi) is 7.01. The Morgan fingerprint density at radius 2 is 1.86 bits per heavy atom. The molecule has 29 heavy (non-hydrogen) atoms. The van der Waals surface area contributed by atoms with Gasteiger partial charge in [0.15, 0.2) is 0 Å². The summed E-state index contributed by atoms with van der Waals surface area (Å²) in [5, 5.41) is 11.5. The third kappa shape index (κ3) is 5.02. The van der Waals surface area contributed by atoms with Crippen LogP contribution in [0.2, 0.25) is 5.02 Å². The third-order valence-electron chi connectivity index (χ3n) is 4.34. The molecule has 0 aliphatic rings. The highest BCUT2D eigenvalue weighted by molar-refractivity contribution is 7.99. The van der Waals surface area contributed by atoms with Crippen LogP contribution < -0.4 is 5.56 Å². The number of hydrogen-bond donors (Lipinski definition) is 2. The van der Waals surface area contributed by atoms with Crippen molar-refractivity contribution in [3.63, 3.8) is 0 Å². The van der Waals surface area contributed by atoms with Crippen molar-refractivity contribution in [3.05, 3.63) is 81.7 Å². The molecule has 1 heterocycles. The molecule has 3 rings (SSSR count). The summed E-state index contributed by atoms with van der Waals surface area (Å²) in [6, 6.07) is 16.3. The van der Waals surface area contributed by atoms with Gasteiger partial charge in [0.05, 0.1) is 12.2 Å². The number of aromatic nitrogens is 1. The molecule has 1 atom stereocenters. The maximum absolute atomic E-state index is 12.7. The molecule has 2 N–H and O–H groups in total. The number of rotatable bonds is 7. The van der Waals surface area contributed by atoms with Crippen molar-refractivity contribution in [2.45, 2.75) is 17.7 Å². The van der Waals surface area contributed by atoms with Crippen molar-refractivity contribution in [1.82, 2.24) is 4.98 Å². The lowest BCUT2D eigenvalue weighted by Gasteiger charge is -2.18. The van der Waals surface area contributed by atoms with Gasteiger partial charge in [0.2, 0.25) is 0 Å². The Bertz CT molecular complexity index is 1030. The van der Waals surface area contributed by atoms with Gasteiger partial charge >= 0.3 is 5.97 Å². The minimum atomic E-state index is -0.928. The second-order valence-electron chi connectivity index (χ2n) is 6.23. The fraction of sp³-hybridized carbons (Fsp3) is 0.182. The van der Waals surface area contributed by atoms with E-state index in [1.807, 2.05) is 42.5 Å². The predicted molar refractivity (Wildman–Crippen MR) is 116 cm³/mol. The highest BCUT2D eigenvalue weighted by Crippen LogP contribution is 2.36. The van der Waals surface area contributed by atoms with Crippen LogP contribution >= 0.6 is 23.4 Å². The van der Waals surface area contributed by atoms with Gasteiger partial charge in [0.1, 0.15) is 11.7 Å². The summed E-state index contributed by atoms with van der Waals surface area (Å²) >= 11 is 7.30. The van der Waals surface area contributed by atoms with Gasteiger partial charge in [0, 0.05) is 27.4 Å². The number of nitrogens with one attached hydrogen (secondary N) is 1. The molecule has 3 aromatic rings. The highest BCUT2D eigenvalue weighted by atomic mass is 35.5. The van der Waals surface area contributed by atoms with Crippen molar-refractivity contribution < 1.29 is 14.6 Å². The Balaban J connectivity index is 1.99. The first-order valence-electron chi connectivity index (χ1n) is 9.06. The molecule has 0 radical (unpaired) electrons. The number of carbonyl (C=O) groups is 1. The summed E-state index contributed by atoms with van der Waals surface area (Å²) in [4.78, 5) is 28.8. The number of H-pyrrole nitrogens is 1. The van der Waals surface area contributed by atoms with Gasteiger partial charge in [0.25, 0.3) is 5.56 Å². The van der Waals surface area contributed by atoms with E-state index >= 15 is 0 Å². The number of aromatic amines is 1. The minimum Gasteiger partial charge on any atom is -0.507 e. The van der Waals surface area contributed by atoms with Crippen LogP contribution in [0.1, 0.15) is 18.4 Å². The molecule has 0 saturated heterocycles. The zero-order valence-corrected chi connectivity index (χ0v) is 17.3. The Hall–Kier alpha value is -2.70. The van der Waals surface area contributed by atoms with Crippen LogP contribution in [-0.2, 0) is 9.53 Å². The molecule has 1 aromatic heterocycles. The van der Waals surface area contributed by atoms with E-state index in [4.69, 9.17) is 16.3 Å². The summed E-state index contributed by atoms with van der Waals surface area (Å²) < 4.78 is 5.18. The molecule has 150 valence electrons. The number of carbonyl (C=O) groups excluding carboxylic acids is 1. The number of ether oxygens (including phenoxy) is 1. The molecule has 0 aliphatic carbocycles. The van der Waals surface area contributed by atoms with E-state index in [2.05, 4.69) is 4.98 Å². The first kappa shape index (κ1) is 21.0. The minimum absolute atomic E-state index is 0.00580. The molecule has 7 heteroatoms. The van der Waals surface area contributed by atoms with Crippen LogP contribution in [0.5, 0.6) is 5.75 Å². The molecule has 0 bridgehead atoms. The van der Waals surface area contributed by atoms with Crippen LogP contribution in [0.4, 0.5) is 0 Å². The average molecular weight is 430 g/mol. The lowest BCUT2D eigenvalue weighted by Crippen LogP contribution is -2.26. The zero-order valence-electron chi connectivity index (χ0n) is 15.7. The highest BCUT2D eigenvalue weighted by Gasteiger charge is 2.29. The van der Waals surface area contributed by atoms with Gasteiger partial charge in [-0.05, 0) is 36.8 Å². The molecule has 5 nitrogen and oxygen atoms in total. The van der Waals surface area contributed by atoms with Crippen LogP contribution in [0.15, 0.2) is 70.5 Å². The van der Waals surface area contributed by atoms with E-state index in [1.165, 1.54) is 18.0 Å². The molecular formula is C22H20ClNO4S. The summed E-state index contributed by atoms with van der Waals surface area (Å²) in [5.41, 5.74) is 0.671. The third-order valence-corrected chi connectivity index (χ3v) is 5.69. The zero-order chi connectivity index (χ0) is 20.8. The molecule has 0 fully saturated rings. The number of thioether (sulfide) groups is 1. The standard InChI is InChI=1S/C22H20ClNO4S/c1-2-28-22(27)18(13-29-16-10-8-15(23)9-11-16)19-20(25)17(12-24-21(19)26)14-6-4-3-5-7-14/h3-12,18H,2,13H2,1H3,(H2,24,25,26). The predicted octanol–water partition coefficient (Wildman–Crippen LogP) is 4.84. The van der Waals surface area contributed by atoms with E-state index in [0.717, 1.165) is 10.5 Å². The van der Waals surface area contributed by atoms with Crippen LogP contribution in [0.3, 0.4) is 0 Å². The van der Waals surface area contributed by atoms with Crippen molar-refractivity contribution in [2.24, 2.45) is 0 Å². The summed E-state index contributed by atoms with van der Waals surface area (Å²) in [7, 11) is 0. The summed E-state index contributed by atoms with van der Waals surface area (Å²) in [5.74, 6) is -1.47. The maximum atomic E-state index is 12.7. The Morgan fingerprint density at radius 1 is 1.17 bits per heavy atom. The largest absolute Gasteiger partial charge is 0.507 e. The summed E-state index contributed by atoms with van der Waals surface area (Å²) in [6.07, 6.45) is 1.45. The van der Waals surface area contributed by atoms with Crippen molar-refractivity contribution in [2.75, 3.05) is 12.4 Å². The number of aromatic hydroxyl groups is 1. The lowest BCUT2D eigenvalue weighted by molar-refractivity contribution is -0.144. The van der Waals surface area contributed by atoms with E-state index in [1.54, 1.807) is 19.1 Å². The van der Waals surface area contributed by atoms with Gasteiger partial charge in [-0.15, -0.1) is 11.8 Å². The Morgan fingerprint density at radius 3 is 2.52 bits per heavy atom.